The Labute approximate surface area is 125 Å². The van der Waals surface area contributed by atoms with E-state index in [1.807, 2.05) is 20.8 Å². The average molecular weight is 294 g/mol. The van der Waals surface area contributed by atoms with Gasteiger partial charge in [0.15, 0.2) is 0 Å². The Balaban J connectivity index is 2.79. The van der Waals surface area contributed by atoms with Gasteiger partial charge in [-0.3, -0.25) is 9.59 Å². The topological polar surface area (TPSA) is 61.8 Å². The van der Waals surface area contributed by atoms with Gasteiger partial charge >= 0.3 is 11.9 Å². The molecule has 1 aliphatic rings. The molecule has 0 radical (unpaired) electrons. The van der Waals surface area contributed by atoms with Crippen LogP contribution < -0.4 is 0 Å². The standard InChI is InChI=1S/C16H22O5/c1-11(17)19-10-15-14(20-12(2)18)7-6-13(21-15)8-9-16(3,4)5/h6-7,13-15H,10H2,1-5H3/t13-,14+,15+/m0/s1. The van der Waals surface area contributed by atoms with E-state index in [1.54, 1.807) is 12.2 Å². The first-order valence-electron chi connectivity index (χ1n) is 6.84. The van der Waals surface area contributed by atoms with Gasteiger partial charge in [0.2, 0.25) is 0 Å². The molecule has 1 rings (SSSR count). The van der Waals surface area contributed by atoms with Crippen LogP contribution in [0.15, 0.2) is 12.2 Å². The molecule has 1 aliphatic heterocycles. The van der Waals surface area contributed by atoms with Crippen molar-refractivity contribution < 1.29 is 23.8 Å². The molecule has 0 aromatic rings. The third-order valence-corrected chi connectivity index (χ3v) is 2.51. The van der Waals surface area contributed by atoms with Crippen LogP contribution in [0.1, 0.15) is 34.6 Å². The van der Waals surface area contributed by atoms with E-state index in [9.17, 15) is 9.59 Å². The molecule has 0 saturated carbocycles. The Morgan fingerprint density at radius 1 is 1.19 bits per heavy atom. The molecule has 0 bridgehead atoms. The van der Waals surface area contributed by atoms with Gasteiger partial charge in [-0.2, -0.15) is 0 Å². The van der Waals surface area contributed by atoms with Gasteiger partial charge < -0.3 is 14.2 Å². The summed E-state index contributed by atoms with van der Waals surface area (Å²) in [5, 5.41) is 0. The van der Waals surface area contributed by atoms with Crippen molar-refractivity contribution in [2.75, 3.05) is 6.61 Å². The second kappa shape index (κ2) is 7.28. The molecule has 0 fully saturated rings. The van der Waals surface area contributed by atoms with Crippen molar-refractivity contribution in [2.24, 2.45) is 5.41 Å². The molecule has 0 aliphatic carbocycles. The van der Waals surface area contributed by atoms with E-state index < -0.39 is 30.3 Å². The lowest BCUT2D eigenvalue weighted by molar-refractivity contribution is -0.161. The smallest absolute Gasteiger partial charge is 0.303 e. The van der Waals surface area contributed by atoms with Crippen LogP contribution >= 0.6 is 0 Å². The van der Waals surface area contributed by atoms with Crippen LogP contribution in [0, 0.1) is 17.3 Å². The predicted molar refractivity (Wildman–Crippen MR) is 77.2 cm³/mol. The maximum absolute atomic E-state index is 11.1. The third kappa shape index (κ3) is 6.96. The summed E-state index contributed by atoms with van der Waals surface area (Å²) < 4.78 is 15.8. The Morgan fingerprint density at radius 3 is 2.38 bits per heavy atom. The van der Waals surface area contributed by atoms with Crippen molar-refractivity contribution in [3.05, 3.63) is 12.2 Å². The van der Waals surface area contributed by atoms with Crippen LogP contribution in [0.3, 0.4) is 0 Å². The minimum atomic E-state index is -0.575. The lowest BCUT2D eigenvalue weighted by atomic mass is 9.97. The van der Waals surface area contributed by atoms with Gasteiger partial charge in [-0.05, 0) is 32.9 Å². The molecule has 1 heterocycles. The van der Waals surface area contributed by atoms with Crippen molar-refractivity contribution in [1.29, 1.82) is 0 Å². The number of carbonyl (C=O) groups is 2. The van der Waals surface area contributed by atoms with Crippen LogP contribution in [0.2, 0.25) is 0 Å². The summed E-state index contributed by atoms with van der Waals surface area (Å²) in [4.78, 5) is 22.0. The zero-order valence-corrected chi connectivity index (χ0v) is 13.1. The predicted octanol–water partition coefficient (Wildman–Crippen LogP) is 1.85. The Kier molecular flexibility index (Phi) is 5.98. The highest BCUT2D eigenvalue weighted by molar-refractivity contribution is 5.66. The van der Waals surface area contributed by atoms with Crippen LogP contribution in [0.25, 0.3) is 0 Å². The van der Waals surface area contributed by atoms with Crippen molar-refractivity contribution in [3.63, 3.8) is 0 Å². The molecule has 0 saturated heterocycles. The summed E-state index contributed by atoms with van der Waals surface area (Å²) in [7, 11) is 0. The lowest BCUT2D eigenvalue weighted by Gasteiger charge is -2.29. The van der Waals surface area contributed by atoms with Crippen LogP contribution in [0.5, 0.6) is 0 Å². The van der Waals surface area contributed by atoms with Crippen LogP contribution in [0.4, 0.5) is 0 Å². The van der Waals surface area contributed by atoms with E-state index in [4.69, 9.17) is 14.2 Å². The first-order valence-corrected chi connectivity index (χ1v) is 6.84. The number of ether oxygens (including phenoxy) is 3. The largest absolute Gasteiger partial charge is 0.463 e. The van der Waals surface area contributed by atoms with Gasteiger partial charge in [0.05, 0.1) is 0 Å². The van der Waals surface area contributed by atoms with Gasteiger partial charge in [-0.1, -0.05) is 11.8 Å². The van der Waals surface area contributed by atoms with Gasteiger partial charge in [-0.25, -0.2) is 0 Å². The Bertz CT molecular complexity index is 475. The van der Waals surface area contributed by atoms with E-state index >= 15 is 0 Å². The molecule has 116 valence electrons. The molecule has 0 aromatic heterocycles. The Hall–Kier alpha value is -1.80. The highest BCUT2D eigenvalue weighted by Crippen LogP contribution is 2.18. The fraction of sp³-hybridized carbons (Fsp3) is 0.625. The minimum absolute atomic E-state index is 0.0192. The highest BCUT2D eigenvalue weighted by Gasteiger charge is 2.30. The molecule has 5 nitrogen and oxygen atoms in total. The molecule has 0 N–H and O–H groups in total. The lowest BCUT2D eigenvalue weighted by Crippen LogP contribution is -2.41. The first kappa shape index (κ1) is 17.3. The zero-order chi connectivity index (χ0) is 16.0. The summed E-state index contributed by atoms with van der Waals surface area (Å²) in [5.74, 6) is 5.28. The van der Waals surface area contributed by atoms with Crippen molar-refractivity contribution >= 4 is 11.9 Å². The molecule has 0 amide bonds. The summed E-state index contributed by atoms with van der Waals surface area (Å²) in [6.45, 7) is 8.67. The van der Waals surface area contributed by atoms with Crippen molar-refractivity contribution in [2.45, 2.75) is 52.9 Å². The maximum Gasteiger partial charge on any atom is 0.303 e. The molecular weight excluding hydrogens is 272 g/mol. The summed E-state index contributed by atoms with van der Waals surface area (Å²) in [6.07, 6.45) is 1.94. The molecule has 0 unspecified atom stereocenters. The van der Waals surface area contributed by atoms with Gasteiger partial charge in [0.1, 0.15) is 24.9 Å². The molecule has 0 aromatic carbocycles. The number of hydrogen-bond donors (Lipinski definition) is 0. The molecule has 3 atom stereocenters. The van der Waals surface area contributed by atoms with Crippen molar-refractivity contribution in [3.8, 4) is 11.8 Å². The Morgan fingerprint density at radius 2 is 1.86 bits per heavy atom. The van der Waals surface area contributed by atoms with Gasteiger partial charge in [-0.15, -0.1) is 0 Å². The number of carbonyl (C=O) groups excluding carboxylic acids is 2. The quantitative estimate of drug-likeness (QED) is 0.451. The fourth-order valence-corrected chi connectivity index (χ4v) is 1.66. The minimum Gasteiger partial charge on any atom is -0.463 e. The zero-order valence-electron chi connectivity index (χ0n) is 13.1. The molecule has 21 heavy (non-hydrogen) atoms. The SMILES string of the molecule is CC(=O)OC[C@H]1O[C@H](C#CC(C)(C)C)C=C[C@H]1OC(C)=O. The third-order valence-electron chi connectivity index (χ3n) is 2.51. The van der Waals surface area contributed by atoms with E-state index in [0.29, 0.717) is 0 Å². The van der Waals surface area contributed by atoms with E-state index in [2.05, 4.69) is 11.8 Å². The average Bonchev–Trinajstić information content (AvgIpc) is 2.34. The second-order valence-electron chi connectivity index (χ2n) is 5.88. The van der Waals surface area contributed by atoms with Gasteiger partial charge in [0.25, 0.3) is 0 Å². The molecule has 5 heteroatoms. The second-order valence-corrected chi connectivity index (χ2v) is 5.88. The van der Waals surface area contributed by atoms with Crippen LogP contribution in [-0.2, 0) is 23.8 Å². The van der Waals surface area contributed by atoms with E-state index in [0.717, 1.165) is 0 Å². The molecular formula is C16H22O5. The van der Waals surface area contributed by atoms with E-state index in [-0.39, 0.29) is 12.0 Å². The normalized spacial score (nSPS) is 24.7. The van der Waals surface area contributed by atoms with Crippen molar-refractivity contribution in [1.82, 2.24) is 0 Å². The highest BCUT2D eigenvalue weighted by atomic mass is 16.6. The summed E-state index contributed by atoms with van der Waals surface area (Å²) in [6, 6.07) is 0. The monoisotopic (exact) mass is 294 g/mol. The summed E-state index contributed by atoms with van der Waals surface area (Å²) in [5.41, 5.74) is -0.130. The van der Waals surface area contributed by atoms with Crippen LogP contribution in [-0.4, -0.2) is 36.9 Å². The fourth-order valence-electron chi connectivity index (χ4n) is 1.66. The maximum atomic E-state index is 11.1. The number of rotatable bonds is 3. The first-order chi connectivity index (χ1) is 9.67. The van der Waals surface area contributed by atoms with E-state index in [1.165, 1.54) is 13.8 Å². The number of esters is 2. The molecule has 0 spiro atoms. The number of hydrogen-bond acceptors (Lipinski definition) is 5. The summed E-state index contributed by atoms with van der Waals surface area (Å²) >= 11 is 0. The van der Waals surface area contributed by atoms with Gasteiger partial charge in [0, 0.05) is 19.3 Å².